The number of fused-ring (bicyclic) bond motifs is 5. The van der Waals surface area contributed by atoms with Gasteiger partial charge in [0.15, 0.2) is 12.6 Å². The number of rotatable bonds is 12. The second-order valence-electron chi connectivity index (χ2n) is 15.4. The zero-order valence-electron chi connectivity index (χ0n) is 31.6. The van der Waals surface area contributed by atoms with Crippen LogP contribution in [0.1, 0.15) is 84.7 Å². The molecule has 55 heavy (non-hydrogen) atoms. The highest BCUT2D eigenvalue weighted by Gasteiger charge is 2.43. The summed E-state index contributed by atoms with van der Waals surface area (Å²) in [6.45, 7) is 2.77. The Morgan fingerprint density at radius 3 is 1.33 bits per heavy atom. The summed E-state index contributed by atoms with van der Waals surface area (Å²) in [5.74, 6) is 0. The molecule has 2 fully saturated rings. The first-order valence-corrected chi connectivity index (χ1v) is 20.3. The van der Waals surface area contributed by atoms with Crippen LogP contribution in [0.5, 0.6) is 0 Å². The second kappa shape index (κ2) is 16.5. The summed E-state index contributed by atoms with van der Waals surface area (Å²) >= 11 is 0. The maximum atomic E-state index is 6.52. The molecular weight excluding hydrogens is 677 g/mol. The average molecular weight is 727 g/mol. The van der Waals surface area contributed by atoms with Gasteiger partial charge in [-0.3, -0.25) is 0 Å². The van der Waals surface area contributed by atoms with Crippen LogP contribution in [-0.4, -0.2) is 39.0 Å². The fourth-order valence-electron chi connectivity index (χ4n) is 8.82. The van der Waals surface area contributed by atoms with Gasteiger partial charge in [0.1, 0.15) is 0 Å². The number of ether oxygens (including phenoxy) is 4. The molecule has 6 aromatic rings. The Morgan fingerprint density at radius 2 is 0.891 bits per heavy atom. The molecule has 9 rings (SSSR count). The van der Waals surface area contributed by atoms with Crippen LogP contribution >= 0.6 is 0 Å². The van der Waals surface area contributed by atoms with Crippen LogP contribution in [0.2, 0.25) is 0 Å². The monoisotopic (exact) mass is 726 g/mol. The lowest BCUT2D eigenvalue weighted by atomic mass is 9.72. The lowest BCUT2D eigenvalue weighted by molar-refractivity contribution is -0.168. The molecule has 1 aliphatic carbocycles. The Hall–Kier alpha value is -4.84. The number of hydrogen-bond acceptors (Lipinski definition) is 4. The first kappa shape index (κ1) is 35.8. The van der Waals surface area contributed by atoms with Gasteiger partial charge in [-0.1, -0.05) is 133 Å². The van der Waals surface area contributed by atoms with Gasteiger partial charge in [-0.25, -0.2) is 0 Å². The van der Waals surface area contributed by atoms with E-state index in [-0.39, 0.29) is 18.0 Å². The van der Waals surface area contributed by atoms with Gasteiger partial charge in [0.05, 0.1) is 13.2 Å². The van der Waals surface area contributed by atoms with Gasteiger partial charge < -0.3 is 18.9 Å². The van der Waals surface area contributed by atoms with Crippen molar-refractivity contribution in [2.45, 2.75) is 69.4 Å². The van der Waals surface area contributed by atoms with Gasteiger partial charge in [-0.15, -0.1) is 0 Å². The van der Waals surface area contributed by atoms with Crippen LogP contribution in [0.3, 0.4) is 0 Å². The predicted octanol–water partition coefficient (Wildman–Crippen LogP) is 12.5. The van der Waals surface area contributed by atoms with Crippen molar-refractivity contribution in [3.63, 3.8) is 0 Å². The summed E-state index contributed by atoms with van der Waals surface area (Å²) in [6.07, 6.45) is 16.8. The van der Waals surface area contributed by atoms with Crippen LogP contribution in [-0.2, 0) is 24.4 Å². The third kappa shape index (κ3) is 7.97. The van der Waals surface area contributed by atoms with Crippen LogP contribution < -0.4 is 0 Å². The molecule has 2 aliphatic heterocycles. The van der Waals surface area contributed by atoms with Crippen molar-refractivity contribution >= 4 is 45.8 Å². The molecule has 0 saturated carbocycles. The smallest absolute Gasteiger partial charge is 0.157 e. The molecular formula is C51H50O4. The van der Waals surface area contributed by atoms with Crippen LogP contribution in [0, 0.1) is 0 Å². The summed E-state index contributed by atoms with van der Waals surface area (Å²) in [6, 6.07) is 44.5. The van der Waals surface area contributed by atoms with Gasteiger partial charge in [-0.2, -0.15) is 0 Å². The predicted molar refractivity (Wildman–Crippen MR) is 227 cm³/mol. The molecule has 0 radical (unpaired) electrons. The highest BCUT2D eigenvalue weighted by molar-refractivity contribution is 5.89. The summed E-state index contributed by atoms with van der Waals surface area (Å²) in [7, 11) is 0. The minimum Gasteiger partial charge on any atom is -0.353 e. The zero-order valence-corrected chi connectivity index (χ0v) is 31.6. The Labute approximate surface area is 325 Å². The molecule has 4 heteroatoms. The van der Waals surface area contributed by atoms with Crippen molar-refractivity contribution in [3.8, 4) is 11.1 Å². The van der Waals surface area contributed by atoms with E-state index in [1.54, 1.807) is 0 Å². The van der Waals surface area contributed by atoms with E-state index in [4.69, 9.17) is 18.9 Å². The van der Waals surface area contributed by atoms with Gasteiger partial charge >= 0.3 is 0 Å². The molecule has 278 valence electrons. The maximum absolute atomic E-state index is 6.52. The summed E-state index contributed by atoms with van der Waals surface area (Å²) < 4.78 is 25.1. The normalized spacial score (nSPS) is 19.3. The van der Waals surface area contributed by atoms with Crippen molar-refractivity contribution in [1.29, 1.82) is 0 Å². The van der Waals surface area contributed by atoms with Crippen molar-refractivity contribution in [3.05, 3.63) is 155 Å². The van der Waals surface area contributed by atoms with Crippen molar-refractivity contribution in [1.82, 2.24) is 0 Å². The lowest BCUT2D eigenvalue weighted by Crippen LogP contribution is -2.32. The van der Waals surface area contributed by atoms with Crippen molar-refractivity contribution in [2.75, 3.05) is 26.4 Å². The average Bonchev–Trinajstić information content (AvgIpc) is 3.50. The Balaban J connectivity index is 1.08. The SMILES string of the molecule is C(=C\c1ccc2ccccc2c1)/c1ccc2c(c1)C(CCOC1CCCCO1)(CCOC1CCCCO1)c1cc(/C=C/c3ccc4ccccc4c3)ccc1-2. The Morgan fingerprint density at radius 1 is 0.473 bits per heavy atom. The summed E-state index contributed by atoms with van der Waals surface area (Å²) in [5.41, 5.74) is 9.74. The number of benzene rings is 6. The highest BCUT2D eigenvalue weighted by atomic mass is 16.7. The molecule has 0 N–H and O–H groups in total. The quantitative estimate of drug-likeness (QED) is 0.118. The van der Waals surface area contributed by atoms with E-state index in [1.165, 1.54) is 66.1 Å². The maximum Gasteiger partial charge on any atom is 0.157 e. The minimum atomic E-state index is -0.312. The highest BCUT2D eigenvalue weighted by Crippen LogP contribution is 2.53. The standard InChI is InChI=1S/C51H50O4/c1-3-11-43-33-37(19-23-41(43)9-1)15-17-39-21-25-45-46-26-22-40(18-16-38-20-24-42-10-2-4-12-44(42)34-38)36-48(46)51(47(45)35-39,27-31-54-49-13-5-7-29-52-49)28-32-55-50-14-6-8-30-53-50/h1-4,9-12,15-26,33-36,49-50H,5-8,13-14,27-32H2/b17-15+,18-16+. The van der Waals surface area contributed by atoms with E-state index in [0.717, 1.165) is 64.6 Å². The molecule has 0 aromatic heterocycles. The van der Waals surface area contributed by atoms with E-state index in [0.29, 0.717) is 13.2 Å². The third-order valence-electron chi connectivity index (χ3n) is 11.8. The zero-order chi connectivity index (χ0) is 36.9. The van der Waals surface area contributed by atoms with E-state index in [9.17, 15) is 0 Å². The molecule has 0 bridgehead atoms. The first-order valence-electron chi connectivity index (χ1n) is 20.3. The van der Waals surface area contributed by atoms with E-state index >= 15 is 0 Å². The molecule has 2 atom stereocenters. The Kier molecular flexibility index (Phi) is 10.7. The molecule has 0 amide bonds. The molecule has 2 heterocycles. The second-order valence-corrected chi connectivity index (χ2v) is 15.4. The molecule has 6 aromatic carbocycles. The van der Waals surface area contributed by atoms with E-state index < -0.39 is 0 Å². The van der Waals surface area contributed by atoms with Crippen LogP contribution in [0.25, 0.3) is 57.0 Å². The fourth-order valence-corrected chi connectivity index (χ4v) is 8.82. The first-order chi connectivity index (χ1) is 27.2. The van der Waals surface area contributed by atoms with E-state index in [1.807, 2.05) is 0 Å². The van der Waals surface area contributed by atoms with Crippen LogP contribution in [0.4, 0.5) is 0 Å². The molecule has 4 nitrogen and oxygen atoms in total. The third-order valence-corrected chi connectivity index (χ3v) is 11.8. The van der Waals surface area contributed by atoms with Gasteiger partial charge in [0, 0.05) is 18.6 Å². The van der Waals surface area contributed by atoms with Crippen molar-refractivity contribution in [2.24, 2.45) is 0 Å². The fraction of sp³-hybridized carbons (Fsp3) is 0.294. The van der Waals surface area contributed by atoms with Gasteiger partial charge in [-0.05, 0) is 130 Å². The molecule has 0 spiro atoms. The molecule has 2 unspecified atom stereocenters. The number of hydrogen-bond donors (Lipinski definition) is 0. The summed E-state index contributed by atoms with van der Waals surface area (Å²) in [4.78, 5) is 0. The lowest BCUT2D eigenvalue weighted by Gasteiger charge is -2.34. The molecule has 2 saturated heterocycles. The largest absolute Gasteiger partial charge is 0.353 e. The minimum absolute atomic E-state index is 0.134. The van der Waals surface area contributed by atoms with Gasteiger partial charge in [0.2, 0.25) is 0 Å². The molecule has 3 aliphatic rings. The van der Waals surface area contributed by atoms with Crippen molar-refractivity contribution < 1.29 is 18.9 Å². The van der Waals surface area contributed by atoms with Crippen LogP contribution in [0.15, 0.2) is 121 Å². The van der Waals surface area contributed by atoms with Gasteiger partial charge in [0.25, 0.3) is 0 Å². The van der Waals surface area contributed by atoms with E-state index in [2.05, 4.69) is 146 Å². The topological polar surface area (TPSA) is 36.9 Å². The summed E-state index contributed by atoms with van der Waals surface area (Å²) in [5, 5.41) is 5.02. The Bertz CT molecular complexity index is 2160.